The summed E-state index contributed by atoms with van der Waals surface area (Å²) in [6.07, 6.45) is 0. The molecule has 0 fully saturated rings. The summed E-state index contributed by atoms with van der Waals surface area (Å²) < 4.78 is 7.51. The number of halogens is 3. The van der Waals surface area contributed by atoms with E-state index in [0.29, 0.717) is 45.4 Å². The van der Waals surface area contributed by atoms with E-state index in [1.807, 2.05) is 43.3 Å². The van der Waals surface area contributed by atoms with Crippen molar-refractivity contribution in [3.05, 3.63) is 110 Å². The van der Waals surface area contributed by atoms with Gasteiger partial charge in [0.1, 0.15) is 12.4 Å². The van der Waals surface area contributed by atoms with E-state index in [1.54, 1.807) is 41.1 Å². The highest BCUT2D eigenvalue weighted by Gasteiger charge is 2.12. The Bertz CT molecular complexity index is 1290. The molecule has 1 amide bonds. The molecule has 0 atom stereocenters. The Kier molecular flexibility index (Phi) is 7.23. The van der Waals surface area contributed by atoms with Gasteiger partial charge in [-0.25, -0.2) is 0 Å². The number of hydrogen-bond donors (Lipinski definition) is 1. The molecule has 8 heteroatoms. The minimum Gasteiger partial charge on any atom is -0.489 e. The Hall–Kier alpha value is -2.99. The largest absolute Gasteiger partial charge is 0.489 e. The van der Waals surface area contributed by atoms with E-state index < -0.39 is 0 Å². The van der Waals surface area contributed by atoms with Crippen molar-refractivity contribution in [1.82, 2.24) is 9.78 Å². The van der Waals surface area contributed by atoms with Crippen LogP contribution in [0.3, 0.4) is 0 Å². The molecule has 4 rings (SSSR count). The van der Waals surface area contributed by atoms with Crippen LogP contribution in [0.5, 0.6) is 5.75 Å². The highest BCUT2D eigenvalue weighted by Crippen LogP contribution is 2.23. The second-order valence-corrected chi connectivity index (χ2v) is 8.74. The fourth-order valence-electron chi connectivity index (χ4n) is 3.21. The molecule has 0 aliphatic carbocycles. The normalized spacial score (nSPS) is 10.8. The van der Waals surface area contributed by atoms with E-state index in [0.717, 1.165) is 16.8 Å². The number of benzene rings is 3. The topological polar surface area (TPSA) is 56.1 Å². The standard InChI is InChI=1S/C25H20Cl3N3O2/c1-16-11-24(30-31(16)14-19-9-10-21(27)13-23(19)28)29-25(32)18-7-5-17(6-8-18)15-33-22-4-2-3-20(26)12-22/h2-13H,14-15H2,1H3,(H,29,30,32). The van der Waals surface area contributed by atoms with Crippen LogP contribution in [-0.2, 0) is 13.2 Å². The second-order valence-electron chi connectivity index (χ2n) is 7.46. The van der Waals surface area contributed by atoms with E-state index in [1.165, 1.54) is 0 Å². The zero-order valence-electron chi connectivity index (χ0n) is 17.7. The zero-order chi connectivity index (χ0) is 23.4. The molecule has 1 heterocycles. The molecular weight excluding hydrogens is 481 g/mol. The maximum Gasteiger partial charge on any atom is 0.256 e. The van der Waals surface area contributed by atoms with Gasteiger partial charge in [-0.2, -0.15) is 5.10 Å². The molecule has 0 saturated carbocycles. The van der Waals surface area contributed by atoms with Gasteiger partial charge in [-0.15, -0.1) is 0 Å². The third-order valence-electron chi connectivity index (χ3n) is 4.98. The average Bonchev–Trinajstić information content (AvgIpc) is 3.13. The predicted molar refractivity (Wildman–Crippen MR) is 133 cm³/mol. The summed E-state index contributed by atoms with van der Waals surface area (Å²) in [5.74, 6) is 0.914. The predicted octanol–water partition coefficient (Wildman–Crippen LogP) is 7.03. The molecule has 0 unspecified atom stereocenters. The highest BCUT2D eigenvalue weighted by atomic mass is 35.5. The van der Waals surface area contributed by atoms with Gasteiger partial charge in [-0.1, -0.05) is 59.1 Å². The van der Waals surface area contributed by atoms with Gasteiger partial charge in [0.25, 0.3) is 5.91 Å². The van der Waals surface area contributed by atoms with Crippen LogP contribution in [0.1, 0.15) is 27.2 Å². The Balaban J connectivity index is 1.37. The third-order valence-corrected chi connectivity index (χ3v) is 5.80. The van der Waals surface area contributed by atoms with Crippen molar-refractivity contribution in [3.8, 4) is 5.75 Å². The molecule has 1 N–H and O–H groups in total. The van der Waals surface area contributed by atoms with Crippen molar-refractivity contribution >= 4 is 46.5 Å². The van der Waals surface area contributed by atoms with Crippen LogP contribution in [0.2, 0.25) is 15.1 Å². The lowest BCUT2D eigenvalue weighted by atomic mass is 10.1. The number of aromatic nitrogens is 2. The Morgan fingerprint density at radius 3 is 2.45 bits per heavy atom. The van der Waals surface area contributed by atoms with Gasteiger partial charge in [0.05, 0.1) is 6.54 Å². The van der Waals surface area contributed by atoms with Gasteiger partial charge in [0.15, 0.2) is 5.82 Å². The van der Waals surface area contributed by atoms with Crippen molar-refractivity contribution in [1.29, 1.82) is 0 Å². The summed E-state index contributed by atoms with van der Waals surface area (Å²) in [5.41, 5.74) is 3.24. The average molecular weight is 501 g/mol. The fraction of sp³-hybridized carbons (Fsp3) is 0.120. The van der Waals surface area contributed by atoms with Crippen LogP contribution >= 0.6 is 34.8 Å². The van der Waals surface area contributed by atoms with Gasteiger partial charge in [-0.05, 0) is 60.5 Å². The number of anilines is 1. The SMILES string of the molecule is Cc1cc(NC(=O)c2ccc(COc3cccc(Cl)c3)cc2)nn1Cc1ccc(Cl)cc1Cl. The quantitative estimate of drug-likeness (QED) is 0.296. The highest BCUT2D eigenvalue weighted by molar-refractivity contribution is 6.35. The molecule has 0 radical (unpaired) electrons. The minimum absolute atomic E-state index is 0.244. The smallest absolute Gasteiger partial charge is 0.256 e. The number of nitrogens with one attached hydrogen (secondary N) is 1. The number of carbonyl (C=O) groups is 1. The number of hydrogen-bond acceptors (Lipinski definition) is 3. The molecule has 0 aliphatic rings. The summed E-state index contributed by atoms with van der Waals surface area (Å²) in [7, 11) is 0. The molecule has 3 aromatic carbocycles. The minimum atomic E-state index is -0.244. The second kappa shape index (κ2) is 10.3. The summed E-state index contributed by atoms with van der Waals surface area (Å²) in [6.45, 7) is 2.76. The van der Waals surface area contributed by atoms with Crippen molar-refractivity contribution in [2.24, 2.45) is 0 Å². The first-order valence-corrected chi connectivity index (χ1v) is 11.3. The molecule has 33 heavy (non-hydrogen) atoms. The monoisotopic (exact) mass is 499 g/mol. The lowest BCUT2D eigenvalue weighted by Gasteiger charge is -2.08. The van der Waals surface area contributed by atoms with Crippen LogP contribution < -0.4 is 10.1 Å². The van der Waals surface area contributed by atoms with Crippen molar-refractivity contribution in [2.45, 2.75) is 20.1 Å². The van der Waals surface area contributed by atoms with E-state index in [4.69, 9.17) is 39.5 Å². The Labute approximate surface area is 206 Å². The van der Waals surface area contributed by atoms with Crippen molar-refractivity contribution in [3.63, 3.8) is 0 Å². The number of ether oxygens (including phenoxy) is 1. The van der Waals surface area contributed by atoms with Gasteiger partial charge in [0, 0.05) is 32.4 Å². The van der Waals surface area contributed by atoms with E-state index in [9.17, 15) is 4.79 Å². The zero-order valence-corrected chi connectivity index (χ0v) is 20.0. The molecule has 168 valence electrons. The lowest BCUT2D eigenvalue weighted by molar-refractivity contribution is 0.102. The van der Waals surface area contributed by atoms with Crippen LogP contribution in [0.25, 0.3) is 0 Å². The molecule has 4 aromatic rings. The van der Waals surface area contributed by atoms with Crippen molar-refractivity contribution in [2.75, 3.05) is 5.32 Å². The molecule has 0 bridgehead atoms. The van der Waals surface area contributed by atoms with E-state index in [-0.39, 0.29) is 5.91 Å². The molecular formula is C25H20Cl3N3O2. The molecule has 0 spiro atoms. The first-order chi connectivity index (χ1) is 15.9. The Morgan fingerprint density at radius 2 is 1.73 bits per heavy atom. The van der Waals surface area contributed by atoms with Gasteiger partial charge in [0.2, 0.25) is 0 Å². The first kappa shape index (κ1) is 23.2. The number of nitrogens with zero attached hydrogens (tertiary/aromatic N) is 2. The van der Waals surface area contributed by atoms with Gasteiger partial charge in [-0.3, -0.25) is 9.48 Å². The third kappa shape index (κ3) is 6.08. The first-order valence-electron chi connectivity index (χ1n) is 10.1. The van der Waals surface area contributed by atoms with Gasteiger partial charge < -0.3 is 10.1 Å². The van der Waals surface area contributed by atoms with Crippen LogP contribution in [0, 0.1) is 6.92 Å². The molecule has 1 aromatic heterocycles. The lowest BCUT2D eigenvalue weighted by Crippen LogP contribution is -2.13. The summed E-state index contributed by atoms with van der Waals surface area (Å²) in [5, 5.41) is 9.10. The van der Waals surface area contributed by atoms with Crippen LogP contribution in [0.4, 0.5) is 5.82 Å². The summed E-state index contributed by atoms with van der Waals surface area (Å²) in [4.78, 5) is 12.7. The number of carbonyl (C=O) groups excluding carboxylic acids is 1. The fourth-order valence-corrected chi connectivity index (χ4v) is 3.86. The molecule has 0 saturated heterocycles. The Morgan fingerprint density at radius 1 is 0.970 bits per heavy atom. The van der Waals surface area contributed by atoms with E-state index in [2.05, 4.69) is 10.4 Å². The maximum atomic E-state index is 12.7. The summed E-state index contributed by atoms with van der Waals surface area (Å²) >= 11 is 18.2. The van der Waals surface area contributed by atoms with Gasteiger partial charge >= 0.3 is 0 Å². The van der Waals surface area contributed by atoms with Crippen molar-refractivity contribution < 1.29 is 9.53 Å². The number of amides is 1. The summed E-state index contributed by atoms with van der Waals surface area (Å²) in [6, 6.07) is 21.6. The number of rotatable bonds is 7. The molecule has 5 nitrogen and oxygen atoms in total. The van der Waals surface area contributed by atoms with Crippen LogP contribution in [0.15, 0.2) is 72.8 Å². The number of aryl methyl sites for hydroxylation is 1. The van der Waals surface area contributed by atoms with Crippen LogP contribution in [-0.4, -0.2) is 15.7 Å². The maximum absolute atomic E-state index is 12.7. The van der Waals surface area contributed by atoms with E-state index >= 15 is 0 Å². The molecule has 0 aliphatic heterocycles.